The minimum absolute atomic E-state index is 0.0816. The smallest absolute Gasteiger partial charge is 0.326 e. The van der Waals surface area contributed by atoms with E-state index in [1.807, 2.05) is 32.0 Å². The Kier molecular flexibility index (Phi) is 24.3. The zero-order chi connectivity index (χ0) is 54.5. The highest BCUT2D eigenvalue weighted by Gasteiger charge is 2.35. The fourth-order valence-corrected chi connectivity index (χ4v) is 7.89. The highest BCUT2D eigenvalue weighted by Crippen LogP contribution is 2.20. The summed E-state index contributed by atoms with van der Waals surface area (Å²) in [6.07, 6.45) is 2.44. The molecule has 0 aliphatic heterocycles. The summed E-state index contributed by atoms with van der Waals surface area (Å²) in [4.78, 5) is 135. The second kappa shape index (κ2) is 29.5. The van der Waals surface area contributed by atoms with Gasteiger partial charge in [-0.3, -0.25) is 43.2 Å². The molecule has 0 bridgehead atoms. The lowest BCUT2D eigenvalue weighted by Gasteiger charge is -2.27. The molecule has 0 spiro atoms. The fraction of sp³-hybridized carbons (Fsp3) is 0.510. The van der Waals surface area contributed by atoms with Gasteiger partial charge >= 0.3 is 11.9 Å². The van der Waals surface area contributed by atoms with Crippen LogP contribution >= 0.6 is 11.8 Å². The van der Waals surface area contributed by atoms with Crippen LogP contribution in [-0.4, -0.2) is 152 Å². The quantitative estimate of drug-likeness (QED) is 0.0389. The molecule has 8 amide bonds. The highest BCUT2D eigenvalue weighted by molar-refractivity contribution is 7.98. The molecular weight excluding hydrogens is 969 g/mol. The number of benzene rings is 2. The normalized spacial score (nSPS) is 14.9. The number of hydrogen-bond donors (Lipinski definition) is 13. The first-order valence-electron chi connectivity index (χ1n) is 23.8. The second-order valence-corrected chi connectivity index (χ2v) is 19.4. The molecule has 23 nitrogen and oxygen atoms in total. The third-order valence-corrected chi connectivity index (χ3v) is 12.2. The number of nitrogens with two attached hydrogens (primary N) is 1. The van der Waals surface area contributed by atoms with E-state index in [-0.39, 0.29) is 37.4 Å². The first-order valence-corrected chi connectivity index (χ1v) is 25.2. The van der Waals surface area contributed by atoms with E-state index in [0.717, 1.165) is 5.56 Å². The summed E-state index contributed by atoms with van der Waals surface area (Å²) in [5, 5.41) is 49.7. The van der Waals surface area contributed by atoms with Crippen LogP contribution in [0.3, 0.4) is 0 Å². The molecule has 2 aromatic carbocycles. The molecule has 3 rings (SSSR count). The van der Waals surface area contributed by atoms with Crippen molar-refractivity contribution in [2.75, 3.05) is 18.6 Å². The Morgan fingerprint density at radius 3 is 1.68 bits per heavy atom. The molecule has 24 heteroatoms. The molecular formula is C49H70N10O13S. The van der Waals surface area contributed by atoms with Crippen molar-refractivity contribution in [3.8, 4) is 0 Å². The summed E-state index contributed by atoms with van der Waals surface area (Å²) in [5.74, 6) is -10.3. The number of carbonyl (C=O) groups is 10. The van der Waals surface area contributed by atoms with Crippen molar-refractivity contribution in [1.82, 2.24) is 47.5 Å². The topological polar surface area (TPSA) is 369 Å². The molecule has 0 unspecified atom stereocenters. The van der Waals surface area contributed by atoms with Gasteiger partial charge in [-0.2, -0.15) is 11.8 Å². The first kappa shape index (κ1) is 60.3. The van der Waals surface area contributed by atoms with E-state index in [4.69, 9.17) is 5.73 Å². The molecule has 3 aromatic rings. The molecule has 9 atom stereocenters. The number of aromatic amines is 1. The molecule has 0 saturated heterocycles. The van der Waals surface area contributed by atoms with Crippen molar-refractivity contribution in [2.45, 2.75) is 128 Å². The summed E-state index contributed by atoms with van der Waals surface area (Å²) in [6, 6.07) is 3.75. The number of aliphatic carboxylic acids is 2. The summed E-state index contributed by atoms with van der Waals surface area (Å²) >= 11 is 1.28. The number of thioether (sulfide) groups is 1. The maximum absolute atomic E-state index is 14.3. The third kappa shape index (κ3) is 19.5. The Morgan fingerprint density at radius 1 is 0.589 bits per heavy atom. The fourth-order valence-electron chi connectivity index (χ4n) is 7.42. The number of carbonyl (C=O) groups excluding carboxylic acids is 8. The van der Waals surface area contributed by atoms with Gasteiger partial charge in [-0.15, -0.1) is 0 Å². The number of para-hydroxylation sites is 1. The van der Waals surface area contributed by atoms with Crippen LogP contribution in [0.4, 0.5) is 0 Å². The van der Waals surface area contributed by atoms with Gasteiger partial charge in [0.2, 0.25) is 47.3 Å². The number of aliphatic hydroxyl groups is 1. The number of hydrogen-bond acceptors (Lipinski definition) is 13. The zero-order valence-corrected chi connectivity index (χ0v) is 42.8. The standard InChI is InChI=1S/C49H70N10O13S/c1-25(2)19-35(55-43(65)32(50)20-29-13-9-8-10-14-29)45(67)56-36(21-30-23-51-33-16-12-11-15-31(30)33)46(68)57-37(22-39(61)62)47(69)54-34(17-18-73-7)44(66)58-38(24-60)48(70)53-27(5)41(63)52-28(6)42(64)59-40(26(3)4)49(71)72/h8-16,23,25-28,32,34-38,40,51,60H,17-22,24,50H2,1-7H3,(H,52,63)(H,53,70)(H,54,69)(H,55,65)(H,56,67)(H,57,68)(H,58,66)(H,59,64)(H,61,62)(H,71,72)/t27-,28-,32-,34-,35-,36-,37-,38-,40-/m0/s1. The summed E-state index contributed by atoms with van der Waals surface area (Å²) in [6.45, 7) is 8.40. The molecule has 0 aliphatic carbocycles. The van der Waals surface area contributed by atoms with Gasteiger partial charge in [0.1, 0.15) is 48.3 Å². The lowest BCUT2D eigenvalue weighted by Crippen LogP contribution is -2.61. The van der Waals surface area contributed by atoms with E-state index in [9.17, 15) is 63.3 Å². The summed E-state index contributed by atoms with van der Waals surface area (Å²) < 4.78 is 0. The Bertz CT molecular complexity index is 2400. The first-order chi connectivity index (χ1) is 34.4. The Balaban J connectivity index is 1.82. The van der Waals surface area contributed by atoms with Gasteiger partial charge in [0.05, 0.1) is 19.1 Å². The molecule has 1 heterocycles. The van der Waals surface area contributed by atoms with Crippen molar-refractivity contribution in [2.24, 2.45) is 17.6 Å². The minimum atomic E-state index is -1.83. The molecule has 0 aliphatic rings. The lowest BCUT2D eigenvalue weighted by atomic mass is 9.99. The van der Waals surface area contributed by atoms with E-state index in [1.165, 1.54) is 25.6 Å². The average molecular weight is 1040 g/mol. The lowest BCUT2D eigenvalue weighted by molar-refractivity contribution is -0.143. The van der Waals surface area contributed by atoms with Crippen molar-refractivity contribution in [1.29, 1.82) is 0 Å². The predicted octanol–water partition coefficient (Wildman–Crippen LogP) is -0.795. The molecule has 0 radical (unpaired) electrons. The van der Waals surface area contributed by atoms with E-state index in [1.54, 1.807) is 62.7 Å². The van der Waals surface area contributed by atoms with Gasteiger partial charge in [-0.1, -0.05) is 76.2 Å². The van der Waals surface area contributed by atoms with Crippen molar-refractivity contribution >= 4 is 81.9 Å². The number of aromatic nitrogens is 1. The van der Waals surface area contributed by atoms with Crippen LogP contribution in [0.25, 0.3) is 10.9 Å². The van der Waals surface area contributed by atoms with Crippen LogP contribution in [0.5, 0.6) is 0 Å². The van der Waals surface area contributed by atoms with E-state index < -0.39 is 133 Å². The Labute approximate surface area is 427 Å². The molecule has 400 valence electrons. The van der Waals surface area contributed by atoms with Gasteiger partial charge in [0.25, 0.3) is 0 Å². The van der Waals surface area contributed by atoms with Gasteiger partial charge < -0.3 is 68.6 Å². The van der Waals surface area contributed by atoms with Crippen LogP contribution in [0, 0.1) is 11.8 Å². The zero-order valence-electron chi connectivity index (χ0n) is 42.0. The minimum Gasteiger partial charge on any atom is -0.481 e. The van der Waals surface area contributed by atoms with Crippen molar-refractivity contribution in [3.63, 3.8) is 0 Å². The summed E-state index contributed by atoms with van der Waals surface area (Å²) in [5.41, 5.74) is 8.34. The van der Waals surface area contributed by atoms with Gasteiger partial charge in [0.15, 0.2) is 0 Å². The monoisotopic (exact) mass is 1040 g/mol. The van der Waals surface area contributed by atoms with Crippen molar-refractivity contribution < 1.29 is 63.3 Å². The van der Waals surface area contributed by atoms with Gasteiger partial charge in [0, 0.05) is 23.5 Å². The molecule has 73 heavy (non-hydrogen) atoms. The van der Waals surface area contributed by atoms with Crippen LogP contribution in [0.2, 0.25) is 0 Å². The van der Waals surface area contributed by atoms with E-state index >= 15 is 0 Å². The van der Waals surface area contributed by atoms with E-state index in [2.05, 4.69) is 47.5 Å². The molecule has 0 fully saturated rings. The largest absolute Gasteiger partial charge is 0.481 e. The van der Waals surface area contributed by atoms with Crippen LogP contribution in [0.1, 0.15) is 71.9 Å². The SMILES string of the molecule is CSCC[C@H](NC(=O)[C@H](CC(=O)O)NC(=O)[C@H](Cc1c[nH]c2ccccc12)NC(=O)[C@H](CC(C)C)NC(=O)[C@@H](N)Cc1ccccc1)C(=O)N[C@@H](CO)C(=O)N[C@@H](C)C(=O)N[C@@H](C)C(=O)N[C@H](C(=O)O)C(C)C. The van der Waals surface area contributed by atoms with Gasteiger partial charge in [-0.05, 0) is 74.1 Å². The average Bonchev–Trinajstić information content (AvgIpc) is 3.74. The Morgan fingerprint density at radius 2 is 1.10 bits per heavy atom. The summed E-state index contributed by atoms with van der Waals surface area (Å²) in [7, 11) is 0. The number of carboxylic acids is 2. The van der Waals surface area contributed by atoms with Crippen LogP contribution in [0.15, 0.2) is 60.8 Å². The maximum atomic E-state index is 14.3. The van der Waals surface area contributed by atoms with Crippen molar-refractivity contribution in [3.05, 3.63) is 71.9 Å². The van der Waals surface area contributed by atoms with E-state index in [0.29, 0.717) is 16.5 Å². The number of amides is 8. The third-order valence-electron chi connectivity index (χ3n) is 11.5. The number of rotatable bonds is 30. The van der Waals surface area contributed by atoms with Crippen LogP contribution in [-0.2, 0) is 60.8 Å². The van der Waals surface area contributed by atoms with Crippen LogP contribution < -0.4 is 48.3 Å². The molecule has 14 N–H and O–H groups in total. The number of H-pyrrole nitrogens is 1. The van der Waals surface area contributed by atoms with Gasteiger partial charge in [-0.25, -0.2) is 4.79 Å². The number of aliphatic hydroxyl groups excluding tert-OH is 1. The maximum Gasteiger partial charge on any atom is 0.326 e. The molecule has 0 saturated carbocycles. The number of carboxylic acid groups (broad SMARTS) is 2. The molecule has 1 aromatic heterocycles. The predicted molar refractivity (Wildman–Crippen MR) is 271 cm³/mol. The second-order valence-electron chi connectivity index (χ2n) is 18.4. The Hall–Kier alpha value is -7.05. The highest BCUT2D eigenvalue weighted by atomic mass is 32.2. The number of nitrogens with one attached hydrogen (secondary N) is 9. The number of fused-ring (bicyclic) bond motifs is 1.